The van der Waals surface area contributed by atoms with E-state index in [-0.39, 0.29) is 32.1 Å². The Labute approximate surface area is 349 Å². The SMILES string of the molecule is Cc1ccc(S(=O)(=O)O)cc1.Cc1ccc(S(=O)(=O)O)cc1.O=C(CCNCCc1cccc(F)c1)N(CCNCCc1ccc(O)c2[nH]c(=O)sc12)C1CCCCC1. The van der Waals surface area contributed by atoms with Crippen molar-refractivity contribution in [3.63, 3.8) is 0 Å². The van der Waals surface area contributed by atoms with Crippen LogP contribution in [0.2, 0.25) is 0 Å². The highest BCUT2D eigenvalue weighted by Gasteiger charge is 2.24. The van der Waals surface area contributed by atoms with E-state index < -0.39 is 20.2 Å². The predicted molar refractivity (Wildman–Crippen MR) is 229 cm³/mol. The van der Waals surface area contributed by atoms with E-state index in [9.17, 15) is 35.9 Å². The Hall–Kier alpha value is -4.49. The molecule has 1 aliphatic rings. The van der Waals surface area contributed by atoms with Crippen molar-refractivity contribution in [2.75, 3.05) is 32.7 Å². The molecule has 0 saturated heterocycles. The van der Waals surface area contributed by atoms with Gasteiger partial charge in [-0.2, -0.15) is 16.8 Å². The zero-order chi connectivity index (χ0) is 43.0. The third-order valence-electron chi connectivity index (χ3n) is 9.71. The Balaban J connectivity index is 0.000000282. The molecule has 320 valence electrons. The Bertz CT molecular complexity index is 2310. The van der Waals surface area contributed by atoms with Crippen LogP contribution in [0.1, 0.15) is 60.8 Å². The number of aromatic amines is 1. The first-order valence-electron chi connectivity index (χ1n) is 19.4. The number of rotatable bonds is 15. The number of hydrogen-bond acceptors (Lipinski definition) is 10. The van der Waals surface area contributed by atoms with Gasteiger partial charge < -0.3 is 25.6 Å². The van der Waals surface area contributed by atoms with Crippen molar-refractivity contribution in [3.05, 3.63) is 123 Å². The largest absolute Gasteiger partial charge is 0.506 e. The summed E-state index contributed by atoms with van der Waals surface area (Å²) in [5.74, 6) is 0.0572. The summed E-state index contributed by atoms with van der Waals surface area (Å²) in [4.78, 5) is 29.3. The molecule has 0 unspecified atom stereocenters. The predicted octanol–water partition coefficient (Wildman–Crippen LogP) is 6.43. The number of hydrogen-bond donors (Lipinski definition) is 6. The molecule has 5 aromatic rings. The van der Waals surface area contributed by atoms with Gasteiger partial charge in [-0.1, -0.05) is 84.2 Å². The third kappa shape index (κ3) is 15.9. The molecule has 0 bridgehead atoms. The molecule has 1 amide bonds. The fourth-order valence-corrected chi connectivity index (χ4v) is 8.39. The summed E-state index contributed by atoms with van der Waals surface area (Å²) in [5, 5.41) is 16.8. The van der Waals surface area contributed by atoms with Gasteiger partial charge in [0.2, 0.25) is 5.91 Å². The zero-order valence-electron chi connectivity index (χ0n) is 33.2. The van der Waals surface area contributed by atoms with Crippen LogP contribution < -0.4 is 15.5 Å². The van der Waals surface area contributed by atoms with E-state index in [4.69, 9.17) is 9.11 Å². The molecule has 6 rings (SSSR count). The lowest BCUT2D eigenvalue weighted by Gasteiger charge is -2.34. The molecule has 0 atom stereocenters. The maximum absolute atomic E-state index is 13.3. The van der Waals surface area contributed by atoms with Gasteiger partial charge in [0.1, 0.15) is 17.1 Å². The highest BCUT2D eigenvalue weighted by molar-refractivity contribution is 7.86. The zero-order valence-corrected chi connectivity index (χ0v) is 35.6. The summed E-state index contributed by atoms with van der Waals surface area (Å²) in [6, 6.07) is 22.4. The number of H-pyrrole nitrogens is 1. The molecule has 6 N–H and O–H groups in total. The van der Waals surface area contributed by atoms with E-state index >= 15 is 0 Å². The highest BCUT2D eigenvalue weighted by Crippen LogP contribution is 2.28. The smallest absolute Gasteiger partial charge is 0.305 e. The van der Waals surface area contributed by atoms with E-state index in [1.807, 2.05) is 26.0 Å². The summed E-state index contributed by atoms with van der Waals surface area (Å²) in [5.41, 5.74) is 4.39. The van der Waals surface area contributed by atoms with Crippen LogP contribution in [0.3, 0.4) is 0 Å². The van der Waals surface area contributed by atoms with Crippen LogP contribution in [0.25, 0.3) is 10.2 Å². The molecular weight excluding hydrogens is 820 g/mol. The molecule has 1 aliphatic carbocycles. The van der Waals surface area contributed by atoms with Gasteiger partial charge in [-0.25, -0.2) is 4.39 Å². The minimum Gasteiger partial charge on any atom is -0.506 e. The number of nitrogens with one attached hydrogen (secondary N) is 3. The van der Waals surface area contributed by atoms with Gasteiger partial charge in [-0.05, 0) is 106 Å². The molecule has 17 heteroatoms. The van der Waals surface area contributed by atoms with Gasteiger partial charge >= 0.3 is 4.87 Å². The van der Waals surface area contributed by atoms with Crippen molar-refractivity contribution in [1.82, 2.24) is 20.5 Å². The van der Waals surface area contributed by atoms with Crippen LogP contribution in [-0.2, 0) is 37.9 Å². The van der Waals surface area contributed by atoms with Gasteiger partial charge in [0.25, 0.3) is 20.2 Å². The number of aromatic hydroxyl groups is 1. The fraction of sp³-hybridized carbons (Fsp3) is 0.381. The lowest BCUT2D eigenvalue weighted by molar-refractivity contribution is -0.134. The Morgan fingerprint density at radius 1 is 0.797 bits per heavy atom. The highest BCUT2D eigenvalue weighted by atomic mass is 32.2. The summed E-state index contributed by atoms with van der Waals surface area (Å²) >= 11 is 1.12. The average molecular weight is 873 g/mol. The van der Waals surface area contributed by atoms with Crippen LogP contribution in [-0.4, -0.2) is 85.6 Å². The van der Waals surface area contributed by atoms with E-state index in [2.05, 4.69) is 20.5 Å². The number of halogens is 1. The number of aryl methyl sites for hydroxylation is 2. The Morgan fingerprint density at radius 2 is 1.37 bits per heavy atom. The standard InChI is InChI=1S/C28H37FN4O3S.2C7H8O3S/c29-22-6-4-5-20(19-22)11-14-30-16-13-25(35)33(23-7-2-1-3-8-23)18-17-31-15-12-21-9-10-24(34)26-27(21)37-28(36)32-26;2*1-6-2-4-7(5-3-6)11(8,9)10/h4-6,9-10,19,23,30-31,34H,1-3,7-8,11-18H2,(H,32,36);2*2-5H,1H3,(H,8,9,10). The van der Waals surface area contributed by atoms with Crippen molar-refractivity contribution in [2.45, 2.75) is 81.0 Å². The second kappa shape index (κ2) is 22.8. The molecule has 1 fully saturated rings. The molecule has 4 aromatic carbocycles. The molecule has 0 aliphatic heterocycles. The number of carbonyl (C=O) groups excluding carboxylic acids is 1. The molecule has 59 heavy (non-hydrogen) atoms. The minimum absolute atomic E-state index is 0.0666. The number of nitrogens with zero attached hydrogens (tertiary/aromatic N) is 1. The number of carbonyl (C=O) groups is 1. The quantitative estimate of drug-likeness (QED) is 0.0499. The second-order valence-electron chi connectivity index (χ2n) is 14.3. The Kier molecular flexibility index (Phi) is 18.2. The normalized spacial score (nSPS) is 13.2. The van der Waals surface area contributed by atoms with Crippen molar-refractivity contribution < 1.29 is 40.2 Å². The lowest BCUT2D eigenvalue weighted by Crippen LogP contribution is -2.45. The number of phenols is 1. The average Bonchev–Trinajstić information content (AvgIpc) is 3.60. The molecule has 0 spiro atoms. The summed E-state index contributed by atoms with van der Waals surface area (Å²) < 4.78 is 73.2. The van der Waals surface area contributed by atoms with E-state index in [0.29, 0.717) is 44.2 Å². The van der Waals surface area contributed by atoms with Crippen LogP contribution >= 0.6 is 11.3 Å². The molecule has 1 heterocycles. The summed E-state index contributed by atoms with van der Waals surface area (Å²) in [6.45, 7) is 7.11. The van der Waals surface area contributed by atoms with E-state index in [1.165, 1.54) is 49.6 Å². The number of fused-ring (bicyclic) bond motifs is 1. The molecule has 0 radical (unpaired) electrons. The van der Waals surface area contributed by atoms with Gasteiger partial charge in [-0.15, -0.1) is 0 Å². The summed E-state index contributed by atoms with van der Waals surface area (Å²) in [7, 11) is -8.04. The van der Waals surface area contributed by atoms with E-state index in [0.717, 1.165) is 70.5 Å². The van der Waals surface area contributed by atoms with Crippen LogP contribution in [0.15, 0.2) is 99.5 Å². The number of aromatic nitrogens is 1. The maximum Gasteiger partial charge on any atom is 0.305 e. The maximum atomic E-state index is 13.3. The first-order valence-corrected chi connectivity index (χ1v) is 23.1. The number of amides is 1. The molecule has 1 aromatic heterocycles. The van der Waals surface area contributed by atoms with Gasteiger partial charge in [0.15, 0.2) is 0 Å². The van der Waals surface area contributed by atoms with Crippen molar-refractivity contribution in [3.8, 4) is 5.75 Å². The molecule has 13 nitrogen and oxygen atoms in total. The second-order valence-corrected chi connectivity index (χ2v) is 18.1. The van der Waals surface area contributed by atoms with Gasteiger partial charge in [0.05, 0.1) is 14.5 Å². The van der Waals surface area contributed by atoms with Gasteiger partial charge in [-0.3, -0.25) is 18.7 Å². The van der Waals surface area contributed by atoms with E-state index in [1.54, 1.807) is 42.5 Å². The molecular formula is C42H53FN4O9S3. The lowest BCUT2D eigenvalue weighted by atomic mass is 9.94. The fourth-order valence-electron chi connectivity index (χ4n) is 6.53. The first kappa shape index (κ1) is 47.2. The van der Waals surface area contributed by atoms with Crippen LogP contribution in [0, 0.1) is 19.7 Å². The Morgan fingerprint density at radius 3 is 1.95 bits per heavy atom. The van der Waals surface area contributed by atoms with Crippen molar-refractivity contribution >= 4 is 47.7 Å². The van der Waals surface area contributed by atoms with Crippen LogP contribution in [0.5, 0.6) is 5.75 Å². The van der Waals surface area contributed by atoms with Crippen molar-refractivity contribution in [2.24, 2.45) is 0 Å². The minimum atomic E-state index is -4.02. The third-order valence-corrected chi connectivity index (χ3v) is 12.4. The number of thiazole rings is 1. The topological polar surface area (TPSA) is 206 Å². The number of phenolic OH excluding ortho intramolecular Hbond substituents is 1. The summed E-state index contributed by atoms with van der Waals surface area (Å²) in [6.07, 6.45) is 7.64. The molecule has 1 saturated carbocycles. The van der Waals surface area contributed by atoms with Crippen molar-refractivity contribution in [1.29, 1.82) is 0 Å². The monoisotopic (exact) mass is 872 g/mol. The first-order chi connectivity index (χ1) is 28.0. The van der Waals surface area contributed by atoms with Crippen LogP contribution in [0.4, 0.5) is 4.39 Å². The van der Waals surface area contributed by atoms with Gasteiger partial charge in [0, 0.05) is 32.1 Å². The number of benzene rings is 4.